The van der Waals surface area contributed by atoms with Crippen LogP contribution < -0.4 is 15.4 Å². The Balaban J connectivity index is 1.73. The predicted molar refractivity (Wildman–Crippen MR) is 75.7 cm³/mol. The molecule has 104 valence electrons. The van der Waals surface area contributed by atoms with Crippen LogP contribution in [0.1, 0.15) is 18.4 Å². The highest BCUT2D eigenvalue weighted by Gasteiger charge is 2.14. The lowest BCUT2D eigenvalue weighted by molar-refractivity contribution is -0.123. The minimum Gasteiger partial charge on any atom is -0.484 e. The first kappa shape index (κ1) is 14.2. The number of ether oxygens (including phenoxy) is 1. The summed E-state index contributed by atoms with van der Waals surface area (Å²) in [5.74, 6) is 0.599. The number of halogens is 1. The van der Waals surface area contributed by atoms with Crippen molar-refractivity contribution in [3.8, 4) is 5.75 Å². The molecule has 1 heterocycles. The van der Waals surface area contributed by atoms with Gasteiger partial charge in [-0.3, -0.25) is 4.79 Å². The Morgan fingerprint density at radius 2 is 2.42 bits per heavy atom. The normalized spacial score (nSPS) is 18.3. The van der Waals surface area contributed by atoms with Crippen molar-refractivity contribution in [2.24, 2.45) is 0 Å². The average molecular weight is 283 g/mol. The number of hydrogen-bond donors (Lipinski definition) is 2. The molecule has 2 rings (SSSR count). The lowest BCUT2D eigenvalue weighted by Crippen LogP contribution is -2.39. The Morgan fingerprint density at radius 3 is 3.11 bits per heavy atom. The van der Waals surface area contributed by atoms with Gasteiger partial charge in [0.25, 0.3) is 5.91 Å². The Morgan fingerprint density at radius 1 is 1.58 bits per heavy atom. The topological polar surface area (TPSA) is 50.4 Å². The van der Waals surface area contributed by atoms with Crippen LogP contribution in [-0.2, 0) is 4.79 Å². The molecule has 19 heavy (non-hydrogen) atoms. The van der Waals surface area contributed by atoms with Crippen LogP contribution in [0.25, 0.3) is 0 Å². The predicted octanol–water partition coefficient (Wildman–Crippen LogP) is 1.90. The fourth-order valence-corrected chi connectivity index (χ4v) is 2.36. The highest BCUT2D eigenvalue weighted by atomic mass is 35.5. The molecule has 1 fully saturated rings. The second-order valence-electron chi connectivity index (χ2n) is 4.80. The van der Waals surface area contributed by atoms with Gasteiger partial charge in [-0.15, -0.1) is 0 Å². The molecule has 0 bridgehead atoms. The van der Waals surface area contributed by atoms with Crippen molar-refractivity contribution in [2.45, 2.75) is 25.8 Å². The van der Waals surface area contributed by atoms with Crippen LogP contribution >= 0.6 is 11.6 Å². The maximum Gasteiger partial charge on any atom is 0.257 e. The number of carbonyl (C=O) groups excluding carboxylic acids is 1. The van der Waals surface area contributed by atoms with E-state index in [4.69, 9.17) is 16.3 Å². The Bertz CT molecular complexity index is 445. The van der Waals surface area contributed by atoms with Crippen LogP contribution in [0.3, 0.4) is 0 Å². The fourth-order valence-electron chi connectivity index (χ4n) is 2.14. The van der Waals surface area contributed by atoms with Crippen LogP contribution in [0.5, 0.6) is 5.75 Å². The summed E-state index contributed by atoms with van der Waals surface area (Å²) in [7, 11) is 0. The van der Waals surface area contributed by atoms with Gasteiger partial charge in [-0.1, -0.05) is 11.6 Å². The van der Waals surface area contributed by atoms with Crippen LogP contribution in [0.15, 0.2) is 18.2 Å². The molecule has 1 atom stereocenters. The molecule has 0 aromatic heterocycles. The first-order valence-electron chi connectivity index (χ1n) is 6.54. The van der Waals surface area contributed by atoms with Crippen LogP contribution in [-0.4, -0.2) is 31.6 Å². The molecule has 1 aromatic carbocycles. The highest BCUT2D eigenvalue weighted by Crippen LogP contribution is 2.21. The Kier molecular flexibility index (Phi) is 5.05. The van der Waals surface area contributed by atoms with Gasteiger partial charge in [0.1, 0.15) is 5.75 Å². The van der Waals surface area contributed by atoms with Crippen molar-refractivity contribution in [3.63, 3.8) is 0 Å². The number of carbonyl (C=O) groups is 1. The fraction of sp³-hybridized carbons (Fsp3) is 0.500. The van der Waals surface area contributed by atoms with E-state index in [1.807, 2.05) is 13.0 Å². The Labute approximate surface area is 118 Å². The molecule has 0 saturated carbocycles. The van der Waals surface area contributed by atoms with E-state index in [-0.39, 0.29) is 12.5 Å². The van der Waals surface area contributed by atoms with E-state index in [2.05, 4.69) is 10.6 Å². The number of benzene rings is 1. The van der Waals surface area contributed by atoms with Crippen LogP contribution in [0.2, 0.25) is 5.02 Å². The van der Waals surface area contributed by atoms with Gasteiger partial charge >= 0.3 is 0 Å². The van der Waals surface area contributed by atoms with Crippen molar-refractivity contribution in [1.29, 1.82) is 0 Å². The average Bonchev–Trinajstić information content (AvgIpc) is 2.88. The largest absolute Gasteiger partial charge is 0.484 e. The summed E-state index contributed by atoms with van der Waals surface area (Å²) >= 11 is 5.86. The molecular formula is C14H19ClN2O2. The van der Waals surface area contributed by atoms with E-state index in [1.165, 1.54) is 6.42 Å². The number of rotatable bonds is 5. The first-order chi connectivity index (χ1) is 9.15. The van der Waals surface area contributed by atoms with Gasteiger partial charge in [0, 0.05) is 17.6 Å². The number of aryl methyl sites for hydroxylation is 1. The van der Waals surface area contributed by atoms with Crippen molar-refractivity contribution < 1.29 is 9.53 Å². The zero-order valence-corrected chi connectivity index (χ0v) is 11.8. The third-order valence-electron chi connectivity index (χ3n) is 3.20. The van der Waals surface area contributed by atoms with Gasteiger partial charge in [0.05, 0.1) is 0 Å². The summed E-state index contributed by atoms with van der Waals surface area (Å²) < 4.78 is 5.48. The van der Waals surface area contributed by atoms with Crippen molar-refractivity contribution >= 4 is 17.5 Å². The molecule has 0 radical (unpaired) electrons. The molecule has 1 unspecified atom stereocenters. The monoisotopic (exact) mass is 282 g/mol. The van der Waals surface area contributed by atoms with E-state index in [0.29, 0.717) is 23.4 Å². The lowest BCUT2D eigenvalue weighted by Gasteiger charge is -2.12. The zero-order valence-electron chi connectivity index (χ0n) is 11.0. The molecule has 1 aliphatic heterocycles. The van der Waals surface area contributed by atoms with Crippen LogP contribution in [0, 0.1) is 6.92 Å². The summed E-state index contributed by atoms with van der Waals surface area (Å²) in [6.07, 6.45) is 2.30. The lowest BCUT2D eigenvalue weighted by atomic mass is 10.2. The minimum atomic E-state index is -0.0944. The van der Waals surface area contributed by atoms with E-state index < -0.39 is 0 Å². The van der Waals surface area contributed by atoms with Gasteiger partial charge in [-0.05, 0) is 50.1 Å². The maximum atomic E-state index is 11.7. The second-order valence-corrected chi connectivity index (χ2v) is 5.23. The molecule has 1 saturated heterocycles. The molecule has 5 heteroatoms. The number of hydrogen-bond acceptors (Lipinski definition) is 3. The standard InChI is InChI=1S/C14H19ClN2O2/c1-10-7-11(15)4-5-13(10)19-9-14(18)17-8-12-3-2-6-16-12/h4-5,7,12,16H,2-3,6,8-9H2,1H3,(H,17,18). The van der Waals surface area contributed by atoms with Gasteiger partial charge in [0.15, 0.2) is 6.61 Å². The molecule has 4 nitrogen and oxygen atoms in total. The first-order valence-corrected chi connectivity index (χ1v) is 6.92. The van der Waals surface area contributed by atoms with E-state index >= 15 is 0 Å². The van der Waals surface area contributed by atoms with Gasteiger partial charge in [-0.2, -0.15) is 0 Å². The third kappa shape index (κ3) is 4.40. The molecular weight excluding hydrogens is 264 g/mol. The van der Waals surface area contributed by atoms with Gasteiger partial charge in [-0.25, -0.2) is 0 Å². The minimum absolute atomic E-state index is 0.0369. The zero-order chi connectivity index (χ0) is 13.7. The van der Waals surface area contributed by atoms with Gasteiger partial charge in [0.2, 0.25) is 0 Å². The van der Waals surface area contributed by atoms with Gasteiger partial charge < -0.3 is 15.4 Å². The molecule has 2 N–H and O–H groups in total. The molecule has 1 amide bonds. The smallest absolute Gasteiger partial charge is 0.257 e. The Hall–Kier alpha value is -1.26. The van der Waals surface area contributed by atoms with E-state index in [0.717, 1.165) is 18.5 Å². The molecule has 0 spiro atoms. The summed E-state index contributed by atoms with van der Waals surface area (Å²) in [4.78, 5) is 11.7. The maximum absolute atomic E-state index is 11.7. The SMILES string of the molecule is Cc1cc(Cl)ccc1OCC(=O)NCC1CCCN1. The van der Waals surface area contributed by atoms with E-state index in [9.17, 15) is 4.79 Å². The molecule has 1 aromatic rings. The molecule has 1 aliphatic rings. The van der Waals surface area contributed by atoms with Crippen molar-refractivity contribution in [1.82, 2.24) is 10.6 Å². The summed E-state index contributed by atoms with van der Waals surface area (Å²) in [5, 5.41) is 6.87. The number of amides is 1. The van der Waals surface area contributed by atoms with Crippen molar-refractivity contribution in [2.75, 3.05) is 19.7 Å². The quantitative estimate of drug-likeness (QED) is 0.867. The van der Waals surface area contributed by atoms with Crippen LogP contribution in [0.4, 0.5) is 0 Å². The number of nitrogens with one attached hydrogen (secondary N) is 2. The van der Waals surface area contributed by atoms with E-state index in [1.54, 1.807) is 12.1 Å². The third-order valence-corrected chi connectivity index (χ3v) is 3.44. The summed E-state index contributed by atoms with van der Waals surface area (Å²) in [6.45, 7) is 3.65. The molecule has 0 aliphatic carbocycles. The second kappa shape index (κ2) is 6.78. The summed E-state index contributed by atoms with van der Waals surface area (Å²) in [5.41, 5.74) is 0.928. The van der Waals surface area contributed by atoms with Crippen molar-refractivity contribution in [3.05, 3.63) is 28.8 Å². The highest BCUT2D eigenvalue weighted by molar-refractivity contribution is 6.30. The summed E-state index contributed by atoms with van der Waals surface area (Å²) in [6, 6.07) is 5.76.